The molecule has 6 aliphatic rings. The number of likely N-dealkylation sites (tertiary alicyclic amines) is 3. The maximum Gasteiger partial charge on any atom is 0.284 e. The van der Waals surface area contributed by atoms with Crippen molar-refractivity contribution >= 4 is 56.5 Å². The summed E-state index contributed by atoms with van der Waals surface area (Å²) in [5.41, 5.74) is 9.83. The van der Waals surface area contributed by atoms with E-state index in [2.05, 4.69) is 171 Å². The fourth-order valence-electron chi connectivity index (χ4n) is 14.0. The van der Waals surface area contributed by atoms with Crippen molar-refractivity contribution in [2.24, 2.45) is 0 Å². The first kappa shape index (κ1) is 61.1. The zero-order chi connectivity index (χ0) is 60.2. The second-order valence-corrected chi connectivity index (χ2v) is 31.7. The van der Waals surface area contributed by atoms with Crippen LogP contribution in [0.5, 0.6) is 0 Å². The number of hydrogen-bond acceptors (Lipinski definition) is 6. The molecule has 88 heavy (non-hydrogen) atoms. The fourth-order valence-corrected chi connectivity index (χ4v) is 24.6. The van der Waals surface area contributed by atoms with Crippen LogP contribution in [0.4, 0.5) is 34.1 Å². The molecule has 12 nitrogen and oxygen atoms in total. The van der Waals surface area contributed by atoms with Gasteiger partial charge in [0.2, 0.25) is 0 Å². The molecule has 6 heterocycles. The van der Waals surface area contributed by atoms with Gasteiger partial charge in [-0.2, -0.15) is 0 Å². The lowest BCUT2D eigenvalue weighted by Gasteiger charge is -2.44. The van der Waals surface area contributed by atoms with Crippen LogP contribution in [0.2, 0.25) is 0 Å². The highest BCUT2D eigenvalue weighted by atomic mass is 31.2. The van der Waals surface area contributed by atoms with E-state index >= 15 is 9.13 Å². The smallest absolute Gasteiger partial charge is 0.284 e. The first-order valence-corrected chi connectivity index (χ1v) is 37.1. The van der Waals surface area contributed by atoms with Gasteiger partial charge in [0.05, 0.1) is 6.29 Å². The molecular formula is C73H86N9O3P3. The van der Waals surface area contributed by atoms with Crippen molar-refractivity contribution < 1.29 is 13.7 Å². The highest BCUT2D eigenvalue weighted by molar-refractivity contribution is 7.68. The van der Waals surface area contributed by atoms with E-state index in [9.17, 15) is 4.57 Å². The van der Waals surface area contributed by atoms with Gasteiger partial charge in [-0.3, -0.25) is 28.4 Å². The second kappa shape index (κ2) is 28.6. The summed E-state index contributed by atoms with van der Waals surface area (Å²) in [4.78, 5) is 7.32. The maximum absolute atomic E-state index is 15.5. The van der Waals surface area contributed by atoms with E-state index in [0.717, 1.165) is 137 Å². The summed E-state index contributed by atoms with van der Waals surface area (Å²) in [7, 11) is -8.84. The molecule has 15 heteroatoms. The summed E-state index contributed by atoms with van der Waals surface area (Å²) in [5.74, 6) is -0.364. The van der Waals surface area contributed by atoms with E-state index in [1.807, 2.05) is 121 Å². The standard InChI is InChI=1S/C27H30N3OP.C26H30N3OP.C20H26N3OP/c1-23-17-19-28(20-18-23)27(24-11-5-2-6-12-24)32(31)29(25-13-7-3-8-14-25)21-22-30(32)26-15-9-4-10-16-26;30-31(26(23-13-5-1-6-14-23)27-19-11-4-12-20-27)28(24-15-7-2-8-16-24)21-22-29(31)25-17-9-3-10-18-25;24-25(18-21-14-8-3-9-15-21)22(19-10-4-1-5-11-19)16-17-23(25)20-12-6-2-7-13-20/h2-16,27H,1,17-22H2;1-3,5-10,13-18,26H,4,11-12,19-22H2;1-2,4-7,10-13H,3,8-9,14-18H2. The van der Waals surface area contributed by atoms with Crippen LogP contribution in [0.3, 0.4) is 0 Å². The van der Waals surface area contributed by atoms with E-state index in [1.54, 1.807) is 0 Å². The van der Waals surface area contributed by atoms with E-state index in [-0.39, 0.29) is 11.6 Å². The lowest BCUT2D eigenvalue weighted by Crippen LogP contribution is -2.39. The minimum absolute atomic E-state index is 0.156. The molecule has 0 amide bonds. The Hall–Kier alpha value is -7.13. The molecule has 0 aliphatic carbocycles. The number of anilines is 6. The molecule has 6 fully saturated rings. The van der Waals surface area contributed by atoms with Crippen molar-refractivity contribution in [1.29, 1.82) is 0 Å². The zero-order valence-electron chi connectivity index (χ0n) is 50.9. The van der Waals surface area contributed by atoms with Crippen LogP contribution in [-0.4, -0.2) is 99.5 Å². The van der Waals surface area contributed by atoms with E-state index in [4.69, 9.17) is 0 Å². The van der Waals surface area contributed by atoms with Gasteiger partial charge >= 0.3 is 0 Å². The highest BCUT2D eigenvalue weighted by Crippen LogP contribution is 2.71. The Morgan fingerprint density at radius 1 is 0.295 bits per heavy atom. The molecule has 8 aromatic carbocycles. The van der Waals surface area contributed by atoms with Gasteiger partial charge < -0.3 is 28.0 Å². The number of rotatable bonds is 14. The molecule has 0 saturated carbocycles. The minimum Gasteiger partial charge on any atom is -0.304 e. The molecule has 0 radical (unpaired) electrons. The van der Waals surface area contributed by atoms with Gasteiger partial charge in [0.1, 0.15) is 11.6 Å². The highest BCUT2D eigenvalue weighted by Gasteiger charge is 2.54. The van der Waals surface area contributed by atoms with Gasteiger partial charge in [-0.25, -0.2) is 0 Å². The van der Waals surface area contributed by atoms with E-state index < -0.39 is 22.3 Å². The number of hydrogen-bond donors (Lipinski definition) is 0. The van der Waals surface area contributed by atoms with Gasteiger partial charge in [-0.15, -0.1) is 0 Å². The predicted octanol–water partition coefficient (Wildman–Crippen LogP) is 17.6. The average molecular weight is 1230 g/mol. The van der Waals surface area contributed by atoms with Crippen LogP contribution in [0.25, 0.3) is 0 Å². The monoisotopic (exact) mass is 1230 g/mol. The molecule has 0 N–H and O–H groups in total. The zero-order valence-corrected chi connectivity index (χ0v) is 53.6. The van der Waals surface area contributed by atoms with Crippen LogP contribution in [0, 0.1) is 0 Å². The van der Waals surface area contributed by atoms with E-state index in [1.165, 1.54) is 44.1 Å². The van der Waals surface area contributed by atoms with Gasteiger partial charge in [0.15, 0.2) is 0 Å². The Morgan fingerprint density at radius 2 is 0.545 bits per heavy atom. The Bertz CT molecular complexity index is 3450. The summed E-state index contributed by atoms with van der Waals surface area (Å²) >= 11 is 0. The molecular weight excluding hydrogens is 1140 g/mol. The van der Waals surface area contributed by atoms with Crippen LogP contribution in [0.1, 0.15) is 74.1 Å². The van der Waals surface area contributed by atoms with Crippen LogP contribution < -0.4 is 28.0 Å². The third kappa shape index (κ3) is 13.1. The van der Waals surface area contributed by atoms with Gasteiger partial charge in [0.25, 0.3) is 22.3 Å². The Balaban J connectivity index is 0.000000130. The molecule has 14 rings (SSSR count). The maximum atomic E-state index is 15.5. The molecule has 0 spiro atoms. The second-order valence-electron chi connectivity index (χ2n) is 23.9. The third-order valence-electron chi connectivity index (χ3n) is 18.3. The normalized spacial score (nSPS) is 20.2. The number of piperidine rings is 3. The molecule has 8 aromatic rings. The average Bonchev–Trinajstić information content (AvgIpc) is 1.64. The number of para-hydroxylation sites is 6. The molecule has 2 unspecified atom stereocenters. The van der Waals surface area contributed by atoms with Crippen LogP contribution >= 0.6 is 22.3 Å². The van der Waals surface area contributed by atoms with Crippen molar-refractivity contribution in [1.82, 2.24) is 14.7 Å². The Morgan fingerprint density at radius 3 is 0.852 bits per heavy atom. The third-order valence-corrected chi connectivity index (χ3v) is 28.4. The molecule has 6 aliphatic heterocycles. The molecule has 6 saturated heterocycles. The summed E-state index contributed by atoms with van der Waals surface area (Å²) in [6, 6.07) is 82.6. The van der Waals surface area contributed by atoms with Crippen LogP contribution in [0.15, 0.2) is 255 Å². The minimum atomic E-state index is -3.09. The molecule has 0 bridgehead atoms. The van der Waals surface area contributed by atoms with Crippen molar-refractivity contribution in [2.45, 2.75) is 62.9 Å². The quantitative estimate of drug-likeness (QED) is 0.0768. The van der Waals surface area contributed by atoms with E-state index in [0.29, 0.717) is 6.29 Å². The Labute approximate surface area is 523 Å². The largest absolute Gasteiger partial charge is 0.304 e. The van der Waals surface area contributed by atoms with Crippen LogP contribution in [-0.2, 0) is 13.7 Å². The van der Waals surface area contributed by atoms with Gasteiger partial charge in [-0.05, 0) is 149 Å². The number of benzene rings is 8. The van der Waals surface area contributed by atoms with Crippen molar-refractivity contribution in [2.75, 3.05) is 113 Å². The molecule has 0 aromatic heterocycles. The van der Waals surface area contributed by atoms with Gasteiger partial charge in [0, 0.05) is 86.5 Å². The molecule has 456 valence electrons. The summed E-state index contributed by atoms with van der Waals surface area (Å²) in [6.07, 6.45) is 9.89. The summed E-state index contributed by atoms with van der Waals surface area (Å²) in [5, 5.41) is 0. The number of nitrogens with zero attached hydrogens (tertiary/aromatic N) is 9. The molecule has 2 atom stereocenters. The van der Waals surface area contributed by atoms with Crippen molar-refractivity contribution in [3.8, 4) is 0 Å². The van der Waals surface area contributed by atoms with Crippen molar-refractivity contribution in [3.05, 3.63) is 266 Å². The Kier molecular flexibility index (Phi) is 19.8. The van der Waals surface area contributed by atoms with Gasteiger partial charge in [-0.1, -0.05) is 195 Å². The lowest BCUT2D eigenvalue weighted by atomic mass is 10.1. The SMILES string of the molecule is C=C1CCN(C(c2ccccc2)P2(=O)N(c3ccccc3)CCN2c2ccccc2)CC1.O=P1(C(c2ccccc2)N2CCCCC2)N(c2ccccc2)CCN1c1ccccc1.O=P1(CN2CCCCC2)N(c2ccccc2)CCN1c1ccccc1. The summed E-state index contributed by atoms with van der Waals surface area (Å²) < 4.78 is 58.5. The topological polar surface area (TPSA) is 80.4 Å². The predicted molar refractivity (Wildman–Crippen MR) is 370 cm³/mol. The van der Waals surface area contributed by atoms with Crippen molar-refractivity contribution in [3.63, 3.8) is 0 Å². The lowest BCUT2D eigenvalue weighted by molar-refractivity contribution is 0.206. The first-order chi connectivity index (χ1) is 43.2. The summed E-state index contributed by atoms with van der Waals surface area (Å²) in [6.45, 7) is 14.7. The fraction of sp³-hybridized carbons (Fsp3) is 0.315. The first-order valence-electron chi connectivity index (χ1n) is 32.0.